The number of nitriles is 1. The van der Waals surface area contributed by atoms with Gasteiger partial charge in [0.15, 0.2) is 0 Å². The van der Waals surface area contributed by atoms with Crippen molar-refractivity contribution in [3.05, 3.63) is 40.3 Å². The fraction of sp³-hybridized carbons (Fsp3) is 0.235. The van der Waals surface area contributed by atoms with Crippen LogP contribution < -0.4 is 15.4 Å². The van der Waals surface area contributed by atoms with E-state index in [-0.39, 0.29) is 0 Å². The first kappa shape index (κ1) is 15.5. The maximum Gasteiger partial charge on any atom is 0.324 e. The smallest absolute Gasteiger partial charge is 0.324 e. The topological polar surface area (TPSA) is 101 Å². The molecule has 2 aromatic heterocycles. The van der Waals surface area contributed by atoms with Crippen molar-refractivity contribution in [3.8, 4) is 23.2 Å². The molecule has 3 aromatic rings. The molecule has 0 unspecified atom stereocenters. The van der Waals surface area contributed by atoms with E-state index in [9.17, 15) is 5.26 Å². The van der Waals surface area contributed by atoms with Crippen molar-refractivity contribution in [2.75, 3.05) is 24.3 Å². The van der Waals surface area contributed by atoms with E-state index in [4.69, 9.17) is 15.0 Å². The highest BCUT2D eigenvalue weighted by molar-refractivity contribution is 7.16. The van der Waals surface area contributed by atoms with Crippen molar-refractivity contribution in [2.24, 2.45) is 0 Å². The number of fused-ring (bicyclic) bond motifs is 1. The summed E-state index contributed by atoms with van der Waals surface area (Å²) < 4.78 is 10.7. The number of aromatic nitrogens is 2. The number of nitrogens with zero attached hydrogens (tertiary/aromatic N) is 4. The summed E-state index contributed by atoms with van der Waals surface area (Å²) in [5.41, 5.74) is 8.43. The average molecular weight is 353 g/mol. The van der Waals surface area contributed by atoms with Gasteiger partial charge >= 0.3 is 6.01 Å². The Labute approximate surface area is 148 Å². The molecule has 0 aliphatic carbocycles. The molecular weight excluding hydrogens is 338 g/mol. The zero-order valence-electron chi connectivity index (χ0n) is 13.5. The Balaban J connectivity index is 1.59. The van der Waals surface area contributed by atoms with Gasteiger partial charge in [0.2, 0.25) is 5.82 Å². The number of thiophene rings is 1. The van der Waals surface area contributed by atoms with Crippen molar-refractivity contribution < 1.29 is 9.26 Å². The Morgan fingerprint density at radius 2 is 2.32 bits per heavy atom. The average Bonchev–Trinajstić information content (AvgIpc) is 3.25. The second-order valence-corrected chi connectivity index (χ2v) is 6.80. The van der Waals surface area contributed by atoms with E-state index >= 15 is 0 Å². The largest absolute Gasteiger partial charge is 0.497 e. The van der Waals surface area contributed by atoms with Gasteiger partial charge in [0.1, 0.15) is 16.8 Å². The lowest BCUT2D eigenvalue weighted by Crippen LogP contribution is -2.29. The predicted octanol–water partition coefficient (Wildman–Crippen LogP) is 2.82. The predicted molar refractivity (Wildman–Crippen MR) is 94.5 cm³/mol. The monoisotopic (exact) mass is 353 g/mol. The van der Waals surface area contributed by atoms with E-state index in [2.05, 4.69) is 16.2 Å². The van der Waals surface area contributed by atoms with Crippen molar-refractivity contribution in [1.29, 1.82) is 5.26 Å². The Bertz CT molecular complexity index is 972. The first-order valence-electron chi connectivity index (χ1n) is 7.72. The van der Waals surface area contributed by atoms with E-state index in [1.807, 2.05) is 29.2 Å². The molecule has 8 heteroatoms. The Morgan fingerprint density at radius 1 is 1.44 bits per heavy atom. The molecule has 0 bridgehead atoms. The SMILES string of the molecule is COc1cccc(-c2noc(N3CCc4c(sc(N)c4C#N)C3)n2)c1. The highest BCUT2D eigenvalue weighted by atomic mass is 32.1. The van der Waals surface area contributed by atoms with Crippen molar-refractivity contribution >= 4 is 22.4 Å². The van der Waals surface area contributed by atoms with Gasteiger partial charge < -0.3 is 19.9 Å². The van der Waals surface area contributed by atoms with Crippen LogP contribution in [0, 0.1) is 11.3 Å². The van der Waals surface area contributed by atoms with Crippen molar-refractivity contribution in [1.82, 2.24) is 10.1 Å². The molecule has 7 nitrogen and oxygen atoms in total. The molecular formula is C17H15N5O2S. The third kappa shape index (κ3) is 2.68. The number of methoxy groups -OCH3 is 1. The van der Waals surface area contributed by atoms with Gasteiger partial charge in [0.25, 0.3) is 0 Å². The summed E-state index contributed by atoms with van der Waals surface area (Å²) in [5.74, 6) is 1.26. The second-order valence-electron chi connectivity index (χ2n) is 5.66. The van der Waals surface area contributed by atoms with Crippen LogP contribution in [0.15, 0.2) is 28.8 Å². The highest BCUT2D eigenvalue weighted by Crippen LogP contribution is 2.36. The number of hydrogen-bond acceptors (Lipinski definition) is 8. The summed E-state index contributed by atoms with van der Waals surface area (Å²) in [5, 5.41) is 13.9. The lowest BCUT2D eigenvalue weighted by molar-refractivity contribution is 0.410. The molecule has 1 aromatic carbocycles. The van der Waals surface area contributed by atoms with Crippen LogP contribution in [0.4, 0.5) is 11.0 Å². The fourth-order valence-corrected chi connectivity index (χ4v) is 4.02. The van der Waals surface area contributed by atoms with Crippen LogP contribution in [0.25, 0.3) is 11.4 Å². The molecule has 1 aliphatic rings. The lowest BCUT2D eigenvalue weighted by Gasteiger charge is -2.24. The van der Waals surface area contributed by atoms with E-state index in [0.29, 0.717) is 35.5 Å². The first-order chi connectivity index (χ1) is 12.2. The maximum atomic E-state index is 9.23. The molecule has 25 heavy (non-hydrogen) atoms. The van der Waals surface area contributed by atoms with Crippen LogP contribution in [-0.2, 0) is 13.0 Å². The van der Waals surface area contributed by atoms with Crippen LogP contribution >= 0.6 is 11.3 Å². The zero-order valence-corrected chi connectivity index (χ0v) is 14.3. The van der Waals surface area contributed by atoms with Gasteiger partial charge in [-0.05, 0) is 24.1 Å². The Morgan fingerprint density at radius 3 is 3.12 bits per heavy atom. The summed E-state index contributed by atoms with van der Waals surface area (Å²) >= 11 is 1.46. The number of nitrogen functional groups attached to an aromatic ring is 1. The first-order valence-corrected chi connectivity index (χ1v) is 8.54. The molecule has 0 fully saturated rings. The molecule has 126 valence electrons. The quantitative estimate of drug-likeness (QED) is 0.772. The molecule has 1 aliphatic heterocycles. The van der Waals surface area contributed by atoms with Crippen LogP contribution in [0.3, 0.4) is 0 Å². The number of hydrogen-bond donors (Lipinski definition) is 1. The van der Waals surface area contributed by atoms with Crippen LogP contribution in [0.5, 0.6) is 5.75 Å². The third-order valence-corrected chi connectivity index (χ3v) is 5.26. The standard InChI is InChI=1S/C17H15N5O2S/c1-23-11-4-2-3-10(7-11)16-20-17(24-21-16)22-6-5-12-13(8-18)15(19)25-14(12)9-22/h2-4,7H,5-6,9,19H2,1H3. The summed E-state index contributed by atoms with van der Waals surface area (Å²) in [7, 11) is 1.62. The molecule has 0 atom stereocenters. The number of benzene rings is 1. The Hall–Kier alpha value is -3.05. The summed E-state index contributed by atoms with van der Waals surface area (Å²) in [6.07, 6.45) is 0.739. The van der Waals surface area contributed by atoms with Crippen LogP contribution in [0.2, 0.25) is 0 Å². The Kier molecular flexibility index (Phi) is 3.78. The van der Waals surface area contributed by atoms with Crippen LogP contribution in [-0.4, -0.2) is 23.8 Å². The van der Waals surface area contributed by atoms with Crippen molar-refractivity contribution in [2.45, 2.75) is 13.0 Å². The summed E-state index contributed by atoms with van der Waals surface area (Å²) in [6, 6.07) is 10.2. The fourth-order valence-electron chi connectivity index (χ4n) is 2.93. The number of anilines is 2. The zero-order chi connectivity index (χ0) is 17.4. The number of rotatable bonds is 3. The van der Waals surface area contributed by atoms with Crippen molar-refractivity contribution in [3.63, 3.8) is 0 Å². The van der Waals surface area contributed by atoms with E-state index in [1.165, 1.54) is 11.3 Å². The minimum absolute atomic E-state index is 0.467. The maximum absolute atomic E-state index is 9.23. The van der Waals surface area contributed by atoms with Gasteiger partial charge in [-0.3, -0.25) is 0 Å². The van der Waals surface area contributed by atoms with E-state index < -0.39 is 0 Å². The normalized spacial score (nSPS) is 13.4. The molecule has 4 rings (SSSR count). The summed E-state index contributed by atoms with van der Waals surface area (Å²) in [6.45, 7) is 1.32. The molecule has 0 saturated carbocycles. The third-order valence-electron chi connectivity index (χ3n) is 4.21. The van der Waals surface area contributed by atoms with Gasteiger partial charge in [-0.2, -0.15) is 10.2 Å². The summed E-state index contributed by atoms with van der Waals surface area (Å²) in [4.78, 5) is 7.60. The van der Waals surface area contributed by atoms with Gasteiger partial charge in [-0.1, -0.05) is 17.3 Å². The molecule has 0 saturated heterocycles. The molecule has 3 heterocycles. The number of nitrogens with two attached hydrogens (primary N) is 1. The van der Waals surface area contributed by atoms with E-state index in [0.717, 1.165) is 28.2 Å². The van der Waals surface area contributed by atoms with Gasteiger partial charge in [0.05, 0.1) is 19.2 Å². The van der Waals surface area contributed by atoms with Gasteiger partial charge in [-0.15, -0.1) is 11.3 Å². The van der Waals surface area contributed by atoms with Gasteiger partial charge in [-0.25, -0.2) is 0 Å². The highest BCUT2D eigenvalue weighted by Gasteiger charge is 2.26. The van der Waals surface area contributed by atoms with Crippen LogP contribution in [0.1, 0.15) is 16.0 Å². The minimum atomic E-state index is 0.467. The van der Waals surface area contributed by atoms with E-state index in [1.54, 1.807) is 7.11 Å². The van der Waals surface area contributed by atoms with Gasteiger partial charge in [0, 0.05) is 17.0 Å². The molecule has 0 spiro atoms. The molecule has 2 N–H and O–H groups in total. The number of ether oxygens (including phenoxy) is 1. The molecule has 0 amide bonds. The minimum Gasteiger partial charge on any atom is -0.497 e. The molecule has 0 radical (unpaired) electrons. The lowest BCUT2D eigenvalue weighted by atomic mass is 10.0. The second kappa shape index (κ2) is 6.11.